The van der Waals surface area contributed by atoms with Crippen LogP contribution in [-0.4, -0.2) is 25.3 Å². The predicted molar refractivity (Wildman–Crippen MR) is 121 cm³/mol. The molecule has 1 unspecified atom stereocenters. The van der Waals surface area contributed by atoms with Crippen molar-refractivity contribution in [2.75, 3.05) is 13.2 Å². The van der Waals surface area contributed by atoms with Crippen LogP contribution in [0.1, 0.15) is 55.2 Å². The van der Waals surface area contributed by atoms with E-state index in [0.29, 0.717) is 37.6 Å². The van der Waals surface area contributed by atoms with Crippen LogP contribution in [0.15, 0.2) is 48.5 Å². The minimum atomic E-state index is -0.552. The van der Waals surface area contributed by atoms with Gasteiger partial charge in [-0.2, -0.15) is 0 Å². The zero-order chi connectivity index (χ0) is 21.8. The third-order valence-electron chi connectivity index (χ3n) is 8.96. The fourth-order valence-electron chi connectivity index (χ4n) is 7.58. The third-order valence-corrected chi connectivity index (χ3v) is 8.96. The molecule has 3 aliphatic carbocycles. The van der Waals surface area contributed by atoms with E-state index in [1.54, 1.807) is 0 Å². The van der Waals surface area contributed by atoms with Crippen LogP contribution < -0.4 is 4.74 Å². The van der Waals surface area contributed by atoms with Crippen molar-refractivity contribution >= 4 is 6.29 Å². The first-order valence-corrected chi connectivity index (χ1v) is 12.2. The molecule has 3 fully saturated rings. The Hall–Kier alpha value is -2.17. The van der Waals surface area contributed by atoms with Crippen molar-refractivity contribution in [3.63, 3.8) is 0 Å². The van der Waals surface area contributed by atoms with Gasteiger partial charge in [0.15, 0.2) is 5.79 Å². The molecule has 168 valence electrons. The average molecular weight is 433 g/mol. The van der Waals surface area contributed by atoms with Gasteiger partial charge in [0.25, 0.3) is 0 Å². The van der Waals surface area contributed by atoms with Gasteiger partial charge in [-0.05, 0) is 72.3 Å². The number of aryl methyl sites for hydroxylation is 1. The van der Waals surface area contributed by atoms with E-state index in [1.165, 1.54) is 23.0 Å². The maximum Gasteiger partial charge on any atom is 0.174 e. The monoisotopic (exact) mass is 432 g/mol. The molecule has 2 aromatic carbocycles. The molecule has 1 heterocycles. The van der Waals surface area contributed by atoms with Gasteiger partial charge >= 0.3 is 0 Å². The molecule has 6 rings (SSSR count). The van der Waals surface area contributed by atoms with E-state index >= 15 is 0 Å². The molecule has 2 saturated carbocycles. The number of hydrogen-bond donors (Lipinski definition) is 0. The predicted octanol–water partition coefficient (Wildman–Crippen LogP) is 5.29. The molecule has 1 spiro atoms. The van der Waals surface area contributed by atoms with Gasteiger partial charge in [-0.3, -0.25) is 0 Å². The Labute approximate surface area is 190 Å². The first-order chi connectivity index (χ1) is 15.6. The lowest BCUT2D eigenvalue weighted by molar-refractivity contribution is -0.237. The molecule has 1 saturated heterocycles. The smallest absolute Gasteiger partial charge is 0.174 e. The summed E-state index contributed by atoms with van der Waals surface area (Å²) in [6.07, 6.45) is 6.28. The number of carbonyl (C=O) groups is 1. The van der Waals surface area contributed by atoms with Gasteiger partial charge in [0.2, 0.25) is 0 Å². The molecule has 4 aliphatic rings. The van der Waals surface area contributed by atoms with Crippen molar-refractivity contribution in [2.45, 2.75) is 57.3 Å². The van der Waals surface area contributed by atoms with Crippen LogP contribution in [0.4, 0.5) is 0 Å². The summed E-state index contributed by atoms with van der Waals surface area (Å²) in [4.78, 5) is 12.2. The first-order valence-electron chi connectivity index (χ1n) is 12.2. The van der Waals surface area contributed by atoms with Crippen molar-refractivity contribution in [1.82, 2.24) is 0 Å². The van der Waals surface area contributed by atoms with Crippen molar-refractivity contribution in [1.29, 1.82) is 0 Å². The summed E-state index contributed by atoms with van der Waals surface area (Å²) in [6.45, 7) is 4.22. The third kappa shape index (κ3) is 2.99. The summed E-state index contributed by atoms with van der Waals surface area (Å²) in [7, 11) is 0. The van der Waals surface area contributed by atoms with E-state index in [1.807, 2.05) is 18.2 Å². The van der Waals surface area contributed by atoms with Crippen molar-refractivity contribution in [3.05, 3.63) is 65.2 Å². The van der Waals surface area contributed by atoms with Crippen LogP contribution in [0.25, 0.3) is 0 Å². The Kier molecular flexibility index (Phi) is 4.92. The molecule has 4 nitrogen and oxygen atoms in total. The molecular weight excluding hydrogens is 400 g/mol. The lowest BCUT2D eigenvalue weighted by Crippen LogP contribution is -2.51. The molecule has 1 aliphatic heterocycles. The van der Waals surface area contributed by atoms with Crippen LogP contribution in [0, 0.1) is 23.2 Å². The summed E-state index contributed by atoms with van der Waals surface area (Å²) in [5.41, 5.74) is 3.99. The Bertz CT molecular complexity index is 996. The SMILES string of the molecule is C[C@]12CC[C@@H]3c4ccc(OCc5ccccc5)cc4CC[C@H]3[C@@H]1C(C=O)CC21OCCO1. The lowest BCUT2D eigenvalue weighted by atomic mass is 9.53. The molecular formula is C28H32O4. The minimum Gasteiger partial charge on any atom is -0.489 e. The number of rotatable bonds is 4. The number of benzene rings is 2. The number of ether oxygens (including phenoxy) is 3. The molecule has 32 heavy (non-hydrogen) atoms. The van der Waals surface area contributed by atoms with Gasteiger partial charge in [-0.1, -0.05) is 43.3 Å². The molecule has 0 amide bonds. The lowest BCUT2D eigenvalue weighted by Gasteiger charge is -2.53. The molecule has 0 aromatic heterocycles. The highest BCUT2D eigenvalue weighted by atomic mass is 16.7. The number of fused-ring (bicyclic) bond motifs is 6. The van der Waals surface area contributed by atoms with Crippen LogP contribution in [0.5, 0.6) is 5.75 Å². The van der Waals surface area contributed by atoms with Crippen LogP contribution in [0.3, 0.4) is 0 Å². The van der Waals surface area contributed by atoms with Crippen molar-refractivity contribution < 1.29 is 19.0 Å². The summed E-state index contributed by atoms with van der Waals surface area (Å²) < 4.78 is 18.6. The van der Waals surface area contributed by atoms with E-state index in [0.717, 1.165) is 37.9 Å². The Morgan fingerprint density at radius 2 is 1.91 bits per heavy atom. The van der Waals surface area contributed by atoms with Gasteiger partial charge in [0.1, 0.15) is 18.6 Å². The summed E-state index contributed by atoms with van der Waals surface area (Å²) >= 11 is 0. The van der Waals surface area contributed by atoms with Crippen molar-refractivity contribution in [3.8, 4) is 5.75 Å². The highest BCUT2D eigenvalue weighted by Gasteiger charge is 2.68. The fourth-order valence-corrected chi connectivity index (χ4v) is 7.58. The highest BCUT2D eigenvalue weighted by Crippen LogP contribution is 2.67. The second-order valence-electron chi connectivity index (χ2n) is 10.4. The standard InChI is InChI=1S/C28H32O4/c1-27-12-11-24-23-10-8-22(30-18-19-5-3-2-4-6-19)15-20(23)7-9-25(24)26(27)21(17-29)16-28(27)31-13-14-32-28/h2-6,8,10,15,17,21,24-26H,7,9,11-14,16,18H2,1H3/t21?,24-,25-,26+,27+/m1/s1. The van der Waals surface area contributed by atoms with E-state index in [9.17, 15) is 4.79 Å². The zero-order valence-electron chi connectivity index (χ0n) is 18.8. The van der Waals surface area contributed by atoms with E-state index in [2.05, 4.69) is 37.3 Å². The molecule has 0 bridgehead atoms. The Balaban J connectivity index is 1.25. The van der Waals surface area contributed by atoms with Gasteiger partial charge in [0, 0.05) is 17.8 Å². The normalized spacial score (nSPS) is 34.5. The fraction of sp³-hybridized carbons (Fsp3) is 0.536. The van der Waals surface area contributed by atoms with E-state index in [4.69, 9.17) is 14.2 Å². The molecule has 5 atom stereocenters. The second kappa shape index (κ2) is 7.71. The second-order valence-corrected chi connectivity index (χ2v) is 10.4. The van der Waals surface area contributed by atoms with Crippen LogP contribution >= 0.6 is 0 Å². The molecule has 0 radical (unpaired) electrons. The van der Waals surface area contributed by atoms with Gasteiger partial charge in [-0.15, -0.1) is 0 Å². The average Bonchev–Trinajstić information content (AvgIpc) is 3.41. The van der Waals surface area contributed by atoms with Gasteiger partial charge in [0.05, 0.1) is 13.2 Å². The topological polar surface area (TPSA) is 44.8 Å². The first kappa shape index (κ1) is 20.4. The van der Waals surface area contributed by atoms with Crippen LogP contribution in [-0.2, 0) is 27.3 Å². The number of hydrogen-bond acceptors (Lipinski definition) is 4. The summed E-state index contributed by atoms with van der Waals surface area (Å²) in [5.74, 6) is 1.78. The number of carbonyl (C=O) groups excluding carboxylic acids is 1. The summed E-state index contributed by atoms with van der Waals surface area (Å²) in [6, 6.07) is 17.0. The Morgan fingerprint density at radius 1 is 1.09 bits per heavy atom. The quantitative estimate of drug-likeness (QED) is 0.616. The van der Waals surface area contributed by atoms with Crippen molar-refractivity contribution in [2.24, 2.45) is 23.2 Å². The van der Waals surface area contributed by atoms with E-state index < -0.39 is 5.79 Å². The van der Waals surface area contributed by atoms with Gasteiger partial charge in [-0.25, -0.2) is 0 Å². The largest absolute Gasteiger partial charge is 0.489 e. The molecule has 0 N–H and O–H groups in total. The van der Waals surface area contributed by atoms with E-state index in [-0.39, 0.29) is 11.3 Å². The number of aldehydes is 1. The maximum absolute atomic E-state index is 12.2. The molecule has 2 aromatic rings. The molecule has 4 heteroatoms. The van der Waals surface area contributed by atoms with Gasteiger partial charge < -0.3 is 19.0 Å². The Morgan fingerprint density at radius 3 is 2.69 bits per heavy atom. The van der Waals surface area contributed by atoms with Crippen LogP contribution in [0.2, 0.25) is 0 Å². The minimum absolute atomic E-state index is 0.0286. The highest BCUT2D eigenvalue weighted by molar-refractivity contribution is 5.57. The zero-order valence-corrected chi connectivity index (χ0v) is 18.8. The summed E-state index contributed by atoms with van der Waals surface area (Å²) in [5, 5.41) is 0. The maximum atomic E-state index is 12.2.